The summed E-state index contributed by atoms with van der Waals surface area (Å²) in [4.78, 5) is 4.31. The van der Waals surface area contributed by atoms with Gasteiger partial charge in [-0.15, -0.1) is 0 Å². The molecule has 2 rings (SSSR count). The maximum Gasteiger partial charge on any atom is 0.155 e. The van der Waals surface area contributed by atoms with E-state index in [0.717, 1.165) is 21.1 Å². The van der Waals surface area contributed by atoms with Gasteiger partial charge in [-0.05, 0) is 55.8 Å². The monoisotopic (exact) mass is 386 g/mol. The van der Waals surface area contributed by atoms with Crippen LogP contribution in [0.2, 0.25) is 0 Å². The highest BCUT2D eigenvalue weighted by atomic mass is 79.9. The normalized spacial score (nSPS) is 11.8. The van der Waals surface area contributed by atoms with Gasteiger partial charge in [-0.25, -0.2) is 4.98 Å². The van der Waals surface area contributed by atoms with Crippen molar-refractivity contribution in [1.82, 2.24) is 14.8 Å². The van der Waals surface area contributed by atoms with E-state index < -0.39 is 0 Å². The summed E-state index contributed by atoms with van der Waals surface area (Å²) in [5.41, 5.74) is 7.20. The van der Waals surface area contributed by atoms with Crippen LogP contribution in [0.15, 0.2) is 27.3 Å². The summed E-state index contributed by atoms with van der Waals surface area (Å²) >= 11 is 6.88. The predicted octanol–water partition coefficient (Wildman–Crippen LogP) is 3.96. The van der Waals surface area contributed by atoms with Crippen molar-refractivity contribution in [2.24, 2.45) is 5.41 Å². The molecule has 0 unspecified atom stereocenters. The molecule has 0 saturated carbocycles. The molecule has 0 aliphatic carbocycles. The standard InChI is InChI=1S/C13H16Br2N4/c1-13(2,3)6-9-11(15)12(16)19(18-9)10-5-4-8(14)7-17-10/h4-5,7H,6,16H2,1-3H3. The van der Waals surface area contributed by atoms with Crippen LogP contribution < -0.4 is 5.73 Å². The molecule has 2 aromatic rings. The molecule has 0 bridgehead atoms. The second kappa shape index (κ2) is 5.25. The van der Waals surface area contributed by atoms with E-state index >= 15 is 0 Å². The first-order chi connectivity index (χ1) is 8.78. The van der Waals surface area contributed by atoms with Crippen LogP contribution in [0.25, 0.3) is 5.82 Å². The zero-order chi connectivity index (χ0) is 14.2. The van der Waals surface area contributed by atoms with Gasteiger partial charge in [-0.2, -0.15) is 9.78 Å². The Morgan fingerprint density at radius 1 is 1.26 bits per heavy atom. The molecular formula is C13H16Br2N4. The molecule has 0 aliphatic heterocycles. The molecule has 0 amide bonds. The third kappa shape index (κ3) is 3.36. The third-order valence-corrected chi connectivity index (χ3v) is 3.89. The number of rotatable bonds is 2. The van der Waals surface area contributed by atoms with E-state index in [1.165, 1.54) is 0 Å². The summed E-state index contributed by atoms with van der Waals surface area (Å²) in [6.45, 7) is 6.52. The van der Waals surface area contributed by atoms with Gasteiger partial charge in [0, 0.05) is 10.7 Å². The number of pyridine rings is 1. The van der Waals surface area contributed by atoms with Crippen LogP contribution in [0.5, 0.6) is 0 Å². The molecule has 6 heteroatoms. The van der Waals surface area contributed by atoms with Crippen LogP contribution in [-0.2, 0) is 6.42 Å². The van der Waals surface area contributed by atoms with Crippen molar-refractivity contribution >= 4 is 37.7 Å². The van der Waals surface area contributed by atoms with Crippen LogP contribution in [0, 0.1) is 5.41 Å². The van der Waals surface area contributed by atoms with Crippen LogP contribution in [0.3, 0.4) is 0 Å². The number of hydrogen-bond donors (Lipinski definition) is 1. The predicted molar refractivity (Wildman–Crippen MR) is 84.3 cm³/mol. The van der Waals surface area contributed by atoms with E-state index in [4.69, 9.17) is 5.73 Å². The molecule has 0 spiro atoms. The number of nitrogens with zero attached hydrogens (tertiary/aromatic N) is 3. The van der Waals surface area contributed by atoms with E-state index in [9.17, 15) is 0 Å². The second-order valence-corrected chi connectivity index (χ2v) is 7.34. The molecule has 0 radical (unpaired) electrons. The molecule has 2 N–H and O–H groups in total. The molecule has 102 valence electrons. The smallest absolute Gasteiger partial charge is 0.155 e. The summed E-state index contributed by atoms with van der Waals surface area (Å²) in [6.07, 6.45) is 2.58. The highest BCUT2D eigenvalue weighted by Gasteiger charge is 2.20. The average Bonchev–Trinajstić information content (AvgIpc) is 2.57. The van der Waals surface area contributed by atoms with E-state index in [1.807, 2.05) is 12.1 Å². The zero-order valence-electron chi connectivity index (χ0n) is 11.1. The first kappa shape index (κ1) is 14.5. The largest absolute Gasteiger partial charge is 0.383 e. The van der Waals surface area contributed by atoms with Gasteiger partial charge in [-0.3, -0.25) is 0 Å². The SMILES string of the molecule is CC(C)(C)Cc1nn(-c2ccc(Br)cn2)c(N)c1Br. The topological polar surface area (TPSA) is 56.7 Å². The maximum atomic E-state index is 6.09. The Morgan fingerprint density at radius 3 is 2.47 bits per heavy atom. The van der Waals surface area contributed by atoms with Crippen LogP contribution in [0.4, 0.5) is 5.82 Å². The van der Waals surface area contributed by atoms with Crippen molar-refractivity contribution in [3.63, 3.8) is 0 Å². The highest BCUT2D eigenvalue weighted by molar-refractivity contribution is 9.11. The maximum absolute atomic E-state index is 6.09. The van der Waals surface area contributed by atoms with Crippen molar-refractivity contribution in [2.75, 3.05) is 5.73 Å². The van der Waals surface area contributed by atoms with E-state index in [-0.39, 0.29) is 5.41 Å². The molecule has 0 fully saturated rings. The van der Waals surface area contributed by atoms with Crippen LogP contribution >= 0.6 is 31.9 Å². The Kier molecular flexibility index (Phi) is 4.01. The van der Waals surface area contributed by atoms with Gasteiger partial charge in [0.05, 0.1) is 10.2 Å². The molecule has 19 heavy (non-hydrogen) atoms. The highest BCUT2D eigenvalue weighted by Crippen LogP contribution is 2.30. The Labute approximate surface area is 129 Å². The minimum absolute atomic E-state index is 0.154. The van der Waals surface area contributed by atoms with E-state index in [1.54, 1.807) is 10.9 Å². The molecule has 2 heterocycles. The Hall–Kier alpha value is -0.880. The van der Waals surface area contributed by atoms with Crippen molar-refractivity contribution in [1.29, 1.82) is 0 Å². The lowest BCUT2D eigenvalue weighted by Crippen LogP contribution is -2.10. The summed E-state index contributed by atoms with van der Waals surface area (Å²) in [5, 5.41) is 4.56. The lowest BCUT2D eigenvalue weighted by Gasteiger charge is -2.16. The first-order valence-electron chi connectivity index (χ1n) is 5.93. The fourth-order valence-electron chi connectivity index (χ4n) is 1.74. The molecule has 0 aliphatic rings. The second-order valence-electron chi connectivity index (χ2n) is 5.63. The average molecular weight is 388 g/mol. The van der Waals surface area contributed by atoms with Gasteiger partial charge in [0.25, 0.3) is 0 Å². The van der Waals surface area contributed by atoms with Gasteiger partial charge in [0.15, 0.2) is 5.82 Å². The summed E-state index contributed by atoms with van der Waals surface area (Å²) in [6, 6.07) is 3.79. The van der Waals surface area contributed by atoms with Crippen molar-refractivity contribution < 1.29 is 0 Å². The van der Waals surface area contributed by atoms with Crippen molar-refractivity contribution in [3.05, 3.63) is 33.0 Å². The van der Waals surface area contributed by atoms with Gasteiger partial charge < -0.3 is 5.73 Å². The van der Waals surface area contributed by atoms with Crippen molar-refractivity contribution in [2.45, 2.75) is 27.2 Å². The molecular weight excluding hydrogens is 372 g/mol. The number of aromatic nitrogens is 3. The Bertz CT molecular complexity index is 582. The number of nitrogen functional groups attached to an aromatic ring is 1. The number of nitrogens with two attached hydrogens (primary N) is 1. The van der Waals surface area contributed by atoms with Crippen LogP contribution in [0.1, 0.15) is 26.5 Å². The molecule has 0 aromatic carbocycles. The van der Waals surface area contributed by atoms with E-state index in [0.29, 0.717) is 11.6 Å². The van der Waals surface area contributed by atoms with Crippen molar-refractivity contribution in [3.8, 4) is 5.82 Å². The lowest BCUT2D eigenvalue weighted by molar-refractivity contribution is 0.404. The number of hydrogen-bond acceptors (Lipinski definition) is 3. The van der Waals surface area contributed by atoms with Gasteiger partial charge in [-0.1, -0.05) is 20.8 Å². The Balaban J connectivity index is 2.43. The molecule has 0 saturated heterocycles. The minimum Gasteiger partial charge on any atom is -0.383 e. The minimum atomic E-state index is 0.154. The summed E-state index contributed by atoms with van der Waals surface area (Å²) in [7, 11) is 0. The molecule has 2 aromatic heterocycles. The number of anilines is 1. The van der Waals surface area contributed by atoms with Gasteiger partial charge >= 0.3 is 0 Å². The van der Waals surface area contributed by atoms with Gasteiger partial charge in [0.1, 0.15) is 5.82 Å². The summed E-state index contributed by atoms with van der Waals surface area (Å²) < 4.78 is 3.44. The summed E-state index contributed by atoms with van der Waals surface area (Å²) in [5.74, 6) is 1.29. The fraction of sp³-hybridized carbons (Fsp3) is 0.385. The van der Waals surface area contributed by atoms with E-state index in [2.05, 4.69) is 62.7 Å². The zero-order valence-corrected chi connectivity index (χ0v) is 14.3. The fourth-order valence-corrected chi connectivity index (χ4v) is 2.36. The molecule has 0 atom stereocenters. The molecule has 4 nitrogen and oxygen atoms in total. The first-order valence-corrected chi connectivity index (χ1v) is 7.51. The quantitative estimate of drug-likeness (QED) is 0.848. The third-order valence-electron chi connectivity index (χ3n) is 2.55. The number of halogens is 2. The lowest BCUT2D eigenvalue weighted by atomic mass is 9.91. The Morgan fingerprint density at radius 2 is 1.95 bits per heavy atom. The van der Waals surface area contributed by atoms with Gasteiger partial charge in [0.2, 0.25) is 0 Å². The van der Waals surface area contributed by atoms with Crippen LogP contribution in [-0.4, -0.2) is 14.8 Å².